The molecule has 1 heterocycles. The molecular formula is C14H16F2N2O3. The highest BCUT2D eigenvalue weighted by atomic mass is 19.1. The van der Waals surface area contributed by atoms with Crippen LogP contribution in [0.25, 0.3) is 0 Å². The summed E-state index contributed by atoms with van der Waals surface area (Å²) in [6.07, 6.45) is 1.21. The number of carboxylic acid groups (broad SMARTS) is 1. The molecule has 0 saturated carbocycles. The van der Waals surface area contributed by atoms with Crippen molar-refractivity contribution in [3.8, 4) is 0 Å². The van der Waals surface area contributed by atoms with Gasteiger partial charge in [-0.05, 0) is 31.4 Å². The normalized spacial score (nSPS) is 21.4. The van der Waals surface area contributed by atoms with Gasteiger partial charge in [-0.2, -0.15) is 0 Å². The number of aliphatic carboxylic acids is 1. The molecule has 114 valence electrons. The van der Waals surface area contributed by atoms with Crippen LogP contribution >= 0.6 is 0 Å². The van der Waals surface area contributed by atoms with Gasteiger partial charge in [-0.1, -0.05) is 6.92 Å². The van der Waals surface area contributed by atoms with Crippen molar-refractivity contribution >= 4 is 17.7 Å². The van der Waals surface area contributed by atoms with Crippen molar-refractivity contribution in [2.75, 3.05) is 11.9 Å². The highest BCUT2D eigenvalue weighted by Crippen LogP contribution is 2.33. The lowest BCUT2D eigenvalue weighted by Gasteiger charge is -2.33. The molecule has 1 aliphatic heterocycles. The van der Waals surface area contributed by atoms with Crippen molar-refractivity contribution in [2.45, 2.75) is 31.7 Å². The molecule has 2 N–H and O–H groups in total. The number of nitrogens with one attached hydrogen (secondary N) is 1. The quantitative estimate of drug-likeness (QED) is 0.901. The van der Waals surface area contributed by atoms with Crippen molar-refractivity contribution in [3.63, 3.8) is 0 Å². The monoisotopic (exact) mass is 298 g/mol. The molecule has 1 aromatic carbocycles. The number of urea groups is 1. The van der Waals surface area contributed by atoms with E-state index < -0.39 is 29.2 Å². The molecule has 1 aromatic rings. The van der Waals surface area contributed by atoms with Gasteiger partial charge >= 0.3 is 12.0 Å². The van der Waals surface area contributed by atoms with Crippen LogP contribution in [-0.4, -0.2) is 34.1 Å². The van der Waals surface area contributed by atoms with Crippen LogP contribution in [0.2, 0.25) is 0 Å². The van der Waals surface area contributed by atoms with Gasteiger partial charge in [0.15, 0.2) is 0 Å². The Bertz CT molecular complexity index is 559. The zero-order chi connectivity index (χ0) is 15.6. The zero-order valence-corrected chi connectivity index (χ0v) is 11.5. The van der Waals surface area contributed by atoms with Crippen molar-refractivity contribution in [1.82, 2.24) is 4.90 Å². The summed E-state index contributed by atoms with van der Waals surface area (Å²) in [5.41, 5.74) is -1.30. The molecule has 0 aromatic heterocycles. The Morgan fingerprint density at radius 2 is 1.95 bits per heavy atom. The molecule has 1 atom stereocenters. The molecule has 0 bridgehead atoms. The van der Waals surface area contributed by atoms with E-state index >= 15 is 0 Å². The Balaban J connectivity index is 2.21. The summed E-state index contributed by atoms with van der Waals surface area (Å²) in [5.74, 6) is -2.69. The number of amides is 2. The van der Waals surface area contributed by atoms with E-state index in [9.17, 15) is 23.5 Å². The standard InChI is InChI=1S/C14H16F2N2O3/c1-2-14(12(19)20)4-3-5-18(14)13(21)17-11-7-9(15)6-10(16)8-11/h6-8H,2-5H2,1H3,(H,17,21)(H,19,20). The fraction of sp³-hybridized carbons (Fsp3) is 0.429. The number of hydrogen-bond acceptors (Lipinski definition) is 2. The summed E-state index contributed by atoms with van der Waals surface area (Å²) >= 11 is 0. The van der Waals surface area contributed by atoms with Crippen molar-refractivity contribution < 1.29 is 23.5 Å². The lowest BCUT2D eigenvalue weighted by atomic mass is 9.93. The van der Waals surface area contributed by atoms with Crippen LogP contribution in [0.1, 0.15) is 26.2 Å². The van der Waals surface area contributed by atoms with E-state index in [1.807, 2.05) is 0 Å². The molecule has 5 nitrogen and oxygen atoms in total. The minimum atomic E-state index is -1.25. The molecule has 1 fully saturated rings. The fourth-order valence-corrected chi connectivity index (χ4v) is 2.73. The van der Waals surface area contributed by atoms with Gasteiger partial charge in [0, 0.05) is 18.3 Å². The van der Waals surface area contributed by atoms with Crippen LogP contribution in [-0.2, 0) is 4.79 Å². The molecule has 1 unspecified atom stereocenters. The van der Waals surface area contributed by atoms with Crippen LogP contribution in [0.4, 0.5) is 19.3 Å². The maximum absolute atomic E-state index is 13.1. The van der Waals surface area contributed by atoms with Crippen LogP contribution < -0.4 is 5.32 Å². The van der Waals surface area contributed by atoms with Crippen LogP contribution in [0.5, 0.6) is 0 Å². The number of hydrogen-bond donors (Lipinski definition) is 2. The van der Waals surface area contributed by atoms with Crippen LogP contribution in [0.3, 0.4) is 0 Å². The number of halogens is 2. The lowest BCUT2D eigenvalue weighted by molar-refractivity contribution is -0.148. The first kappa shape index (κ1) is 15.2. The van der Waals surface area contributed by atoms with Crippen molar-refractivity contribution in [3.05, 3.63) is 29.8 Å². The highest BCUT2D eigenvalue weighted by Gasteiger charge is 2.48. The average Bonchev–Trinajstić information content (AvgIpc) is 2.82. The van der Waals surface area contributed by atoms with E-state index in [4.69, 9.17) is 0 Å². The molecule has 0 spiro atoms. The van der Waals surface area contributed by atoms with Crippen molar-refractivity contribution in [2.24, 2.45) is 0 Å². The van der Waals surface area contributed by atoms with Gasteiger partial charge in [0.1, 0.15) is 17.2 Å². The van der Waals surface area contributed by atoms with E-state index in [0.29, 0.717) is 25.5 Å². The Labute approximate surface area is 120 Å². The van der Waals surface area contributed by atoms with Gasteiger partial charge in [-0.25, -0.2) is 18.4 Å². The number of carboxylic acids is 1. The van der Waals surface area contributed by atoms with E-state index in [0.717, 1.165) is 12.1 Å². The maximum Gasteiger partial charge on any atom is 0.329 e. The second-order valence-electron chi connectivity index (χ2n) is 5.03. The molecular weight excluding hydrogens is 282 g/mol. The number of rotatable bonds is 3. The third kappa shape index (κ3) is 2.81. The van der Waals surface area contributed by atoms with Gasteiger partial charge in [-0.15, -0.1) is 0 Å². The van der Waals surface area contributed by atoms with E-state index in [1.54, 1.807) is 6.92 Å². The zero-order valence-electron chi connectivity index (χ0n) is 11.5. The van der Waals surface area contributed by atoms with Gasteiger partial charge in [0.2, 0.25) is 0 Å². The molecule has 2 amide bonds. The number of carbonyl (C=O) groups excluding carboxylic acids is 1. The molecule has 2 rings (SSSR count). The summed E-state index contributed by atoms with van der Waals surface area (Å²) in [5, 5.41) is 11.7. The molecule has 1 saturated heterocycles. The summed E-state index contributed by atoms with van der Waals surface area (Å²) in [6.45, 7) is 1.99. The van der Waals surface area contributed by atoms with Crippen molar-refractivity contribution in [1.29, 1.82) is 0 Å². The van der Waals surface area contributed by atoms with Gasteiger partial charge in [-0.3, -0.25) is 0 Å². The predicted octanol–water partition coefficient (Wildman–Crippen LogP) is 2.83. The molecule has 1 aliphatic rings. The van der Waals surface area contributed by atoms with E-state index in [-0.39, 0.29) is 12.1 Å². The Morgan fingerprint density at radius 3 is 2.48 bits per heavy atom. The Kier molecular flexibility index (Phi) is 4.11. The molecule has 0 aliphatic carbocycles. The summed E-state index contributed by atoms with van der Waals surface area (Å²) < 4.78 is 26.2. The largest absolute Gasteiger partial charge is 0.479 e. The highest BCUT2D eigenvalue weighted by molar-refractivity contribution is 5.94. The minimum absolute atomic E-state index is 0.0419. The summed E-state index contributed by atoms with van der Waals surface area (Å²) in [4.78, 5) is 24.9. The smallest absolute Gasteiger partial charge is 0.329 e. The second kappa shape index (κ2) is 5.67. The third-order valence-corrected chi connectivity index (χ3v) is 3.83. The average molecular weight is 298 g/mol. The summed E-state index contributed by atoms with van der Waals surface area (Å²) in [7, 11) is 0. The number of anilines is 1. The van der Waals surface area contributed by atoms with Crippen LogP contribution in [0, 0.1) is 11.6 Å². The van der Waals surface area contributed by atoms with E-state index in [1.165, 1.54) is 4.90 Å². The third-order valence-electron chi connectivity index (χ3n) is 3.83. The molecule has 21 heavy (non-hydrogen) atoms. The maximum atomic E-state index is 13.1. The summed E-state index contributed by atoms with van der Waals surface area (Å²) in [6, 6.07) is 1.98. The number of carbonyl (C=O) groups is 2. The lowest BCUT2D eigenvalue weighted by Crippen LogP contribution is -2.54. The molecule has 7 heteroatoms. The van der Waals surface area contributed by atoms with Gasteiger partial charge in [0.25, 0.3) is 0 Å². The van der Waals surface area contributed by atoms with Crippen LogP contribution in [0.15, 0.2) is 18.2 Å². The topological polar surface area (TPSA) is 69.6 Å². The van der Waals surface area contributed by atoms with E-state index in [2.05, 4.69) is 5.32 Å². The Morgan fingerprint density at radius 1 is 1.33 bits per heavy atom. The first-order valence-corrected chi connectivity index (χ1v) is 6.67. The number of nitrogens with zero attached hydrogens (tertiary/aromatic N) is 1. The first-order chi connectivity index (χ1) is 9.89. The molecule has 0 radical (unpaired) electrons. The SMILES string of the molecule is CCC1(C(=O)O)CCCN1C(=O)Nc1cc(F)cc(F)c1. The minimum Gasteiger partial charge on any atom is -0.479 e. The number of likely N-dealkylation sites (tertiary alicyclic amines) is 1. The predicted molar refractivity (Wildman–Crippen MR) is 72.0 cm³/mol. The Hall–Kier alpha value is -2.18. The fourth-order valence-electron chi connectivity index (χ4n) is 2.73. The first-order valence-electron chi connectivity index (χ1n) is 6.67. The second-order valence-corrected chi connectivity index (χ2v) is 5.03. The number of benzene rings is 1. The van der Waals surface area contributed by atoms with Gasteiger partial charge < -0.3 is 15.3 Å². The van der Waals surface area contributed by atoms with Gasteiger partial charge in [0.05, 0.1) is 0 Å².